The average molecular weight is 476 g/mol. The highest BCUT2D eigenvalue weighted by Crippen LogP contribution is 2.35. The predicted molar refractivity (Wildman–Crippen MR) is 132 cm³/mol. The zero-order valence-electron chi connectivity index (χ0n) is 19.9. The Morgan fingerprint density at radius 1 is 0.971 bits per heavy atom. The first-order valence-electron chi connectivity index (χ1n) is 11.0. The Morgan fingerprint density at radius 2 is 1.74 bits per heavy atom. The van der Waals surface area contributed by atoms with E-state index < -0.39 is 11.2 Å². The lowest BCUT2D eigenvalue weighted by atomic mass is 10.1. The molecule has 5 aromatic rings. The van der Waals surface area contributed by atoms with Gasteiger partial charge in [0.1, 0.15) is 11.5 Å². The summed E-state index contributed by atoms with van der Waals surface area (Å²) in [6.45, 7) is 0.376. The normalized spacial score (nSPS) is 11.4. The minimum atomic E-state index is -0.450. The number of benzene rings is 2. The van der Waals surface area contributed by atoms with Crippen molar-refractivity contribution in [2.24, 2.45) is 7.05 Å². The van der Waals surface area contributed by atoms with Crippen molar-refractivity contribution in [2.75, 3.05) is 27.9 Å². The molecule has 0 saturated carbocycles. The molecular formula is C25H25N5O5. The number of hydrogen-bond acceptors (Lipinski definition) is 6. The Bertz CT molecular complexity index is 1660. The van der Waals surface area contributed by atoms with Gasteiger partial charge >= 0.3 is 5.69 Å². The van der Waals surface area contributed by atoms with Crippen molar-refractivity contribution in [3.05, 3.63) is 75.6 Å². The van der Waals surface area contributed by atoms with Gasteiger partial charge in [0.05, 0.1) is 38.8 Å². The number of aromatic nitrogens is 5. The third-order valence-electron chi connectivity index (χ3n) is 6.07. The summed E-state index contributed by atoms with van der Waals surface area (Å²) in [6, 6.07) is 15.3. The van der Waals surface area contributed by atoms with Crippen LogP contribution in [0.4, 0.5) is 0 Å². The summed E-state index contributed by atoms with van der Waals surface area (Å²) in [4.78, 5) is 31.2. The van der Waals surface area contributed by atoms with Crippen molar-refractivity contribution in [3.8, 4) is 28.4 Å². The topological polar surface area (TPSA) is 93.9 Å². The van der Waals surface area contributed by atoms with E-state index in [4.69, 9.17) is 19.2 Å². The molecule has 0 unspecified atom stereocenters. The second kappa shape index (κ2) is 8.80. The summed E-state index contributed by atoms with van der Waals surface area (Å²) in [6.07, 6.45) is 1.85. The standard InChI is InChI=1S/C25H25N5O5/c1-27-22-21(23(31)28(25(27)32)12-13-33-2)29-15-19(16-8-6-5-7-9-16)30(24(29)26-22)18-14-17(34-3)10-11-20(18)35-4/h5-11,14-15H,12-13H2,1-4H3. The van der Waals surface area contributed by atoms with E-state index >= 15 is 0 Å². The van der Waals surface area contributed by atoms with Gasteiger partial charge in [-0.05, 0) is 12.1 Å². The highest BCUT2D eigenvalue weighted by molar-refractivity contribution is 5.80. The Hall–Kier alpha value is -4.31. The first-order chi connectivity index (χ1) is 17.0. The van der Waals surface area contributed by atoms with Gasteiger partial charge in [0.2, 0.25) is 5.78 Å². The van der Waals surface area contributed by atoms with E-state index in [-0.39, 0.29) is 13.2 Å². The highest BCUT2D eigenvalue weighted by Gasteiger charge is 2.24. The van der Waals surface area contributed by atoms with Gasteiger partial charge in [-0.3, -0.25) is 22.9 Å². The highest BCUT2D eigenvalue weighted by atomic mass is 16.5. The van der Waals surface area contributed by atoms with Crippen molar-refractivity contribution < 1.29 is 14.2 Å². The fourth-order valence-electron chi connectivity index (χ4n) is 4.30. The zero-order chi connectivity index (χ0) is 24.7. The van der Waals surface area contributed by atoms with Crippen LogP contribution in [-0.4, -0.2) is 51.0 Å². The molecule has 3 aromatic heterocycles. The van der Waals surface area contributed by atoms with Crippen LogP contribution in [0.5, 0.6) is 11.5 Å². The number of imidazole rings is 2. The molecular weight excluding hydrogens is 450 g/mol. The van der Waals surface area contributed by atoms with Crippen LogP contribution in [-0.2, 0) is 18.3 Å². The maximum Gasteiger partial charge on any atom is 0.332 e. The molecule has 10 heteroatoms. The third kappa shape index (κ3) is 3.50. The number of ether oxygens (including phenoxy) is 3. The summed E-state index contributed by atoms with van der Waals surface area (Å²) in [5, 5.41) is 0. The van der Waals surface area contributed by atoms with Crippen LogP contribution in [0.15, 0.2) is 64.3 Å². The van der Waals surface area contributed by atoms with Gasteiger partial charge in [-0.15, -0.1) is 0 Å². The molecule has 180 valence electrons. The SMILES string of the molecule is COCCn1c(=O)c2c(nc3n(-c4cc(OC)ccc4OC)c(-c4ccccc4)cn23)n(C)c1=O. The molecule has 0 fully saturated rings. The van der Waals surface area contributed by atoms with Gasteiger partial charge in [-0.2, -0.15) is 4.98 Å². The smallest absolute Gasteiger partial charge is 0.332 e. The second-order valence-electron chi connectivity index (χ2n) is 8.00. The molecule has 0 radical (unpaired) electrons. The number of hydrogen-bond donors (Lipinski definition) is 0. The zero-order valence-corrected chi connectivity index (χ0v) is 19.9. The van der Waals surface area contributed by atoms with E-state index in [2.05, 4.69) is 0 Å². The van der Waals surface area contributed by atoms with E-state index in [1.807, 2.05) is 59.3 Å². The molecule has 10 nitrogen and oxygen atoms in total. The van der Waals surface area contributed by atoms with Gasteiger partial charge < -0.3 is 14.2 Å². The van der Waals surface area contributed by atoms with Crippen LogP contribution in [0.1, 0.15) is 0 Å². The third-order valence-corrected chi connectivity index (χ3v) is 6.07. The lowest BCUT2D eigenvalue weighted by Crippen LogP contribution is -2.40. The Kier molecular flexibility index (Phi) is 5.65. The Labute approximate surface area is 200 Å². The first kappa shape index (κ1) is 22.5. The van der Waals surface area contributed by atoms with Crippen LogP contribution < -0.4 is 20.7 Å². The van der Waals surface area contributed by atoms with E-state index in [0.717, 1.165) is 11.3 Å². The molecule has 0 aliphatic rings. The number of nitrogens with zero attached hydrogens (tertiary/aromatic N) is 5. The maximum absolute atomic E-state index is 13.5. The molecule has 2 aromatic carbocycles. The molecule has 0 atom stereocenters. The van der Waals surface area contributed by atoms with Crippen molar-refractivity contribution in [1.82, 2.24) is 23.1 Å². The Balaban J connectivity index is 1.93. The molecule has 0 saturated heterocycles. The lowest BCUT2D eigenvalue weighted by Gasteiger charge is -2.14. The molecule has 0 aliphatic carbocycles. The molecule has 5 rings (SSSR count). The largest absolute Gasteiger partial charge is 0.497 e. The van der Waals surface area contributed by atoms with Gasteiger partial charge in [0, 0.05) is 32.0 Å². The molecule has 3 heterocycles. The van der Waals surface area contributed by atoms with Gasteiger partial charge in [0.15, 0.2) is 11.2 Å². The molecule has 35 heavy (non-hydrogen) atoms. The summed E-state index contributed by atoms with van der Waals surface area (Å²) in [5.41, 5.74) is 2.10. The molecule has 0 aliphatic heterocycles. The lowest BCUT2D eigenvalue weighted by molar-refractivity contribution is 0.184. The predicted octanol–water partition coefficient (Wildman–Crippen LogP) is 2.47. The average Bonchev–Trinajstić information content (AvgIpc) is 3.44. The van der Waals surface area contributed by atoms with Crippen molar-refractivity contribution in [3.63, 3.8) is 0 Å². The van der Waals surface area contributed by atoms with Crippen molar-refractivity contribution in [1.29, 1.82) is 0 Å². The van der Waals surface area contributed by atoms with Crippen LogP contribution in [0.2, 0.25) is 0 Å². The fourth-order valence-corrected chi connectivity index (χ4v) is 4.30. The maximum atomic E-state index is 13.5. The van der Waals surface area contributed by atoms with Gasteiger partial charge in [-0.1, -0.05) is 30.3 Å². The van der Waals surface area contributed by atoms with Crippen LogP contribution >= 0.6 is 0 Å². The molecule has 0 bridgehead atoms. The first-order valence-corrected chi connectivity index (χ1v) is 11.0. The monoisotopic (exact) mass is 475 g/mol. The van der Waals surface area contributed by atoms with Crippen LogP contribution in [0, 0.1) is 0 Å². The number of aryl methyl sites for hydroxylation is 1. The number of rotatable bonds is 7. The number of methoxy groups -OCH3 is 3. The summed E-state index contributed by atoms with van der Waals surface area (Å²) >= 11 is 0. The number of fused-ring (bicyclic) bond motifs is 3. The van der Waals surface area contributed by atoms with E-state index in [1.165, 1.54) is 16.2 Å². The Morgan fingerprint density at radius 3 is 2.43 bits per heavy atom. The minimum absolute atomic E-state index is 0.140. The van der Waals surface area contributed by atoms with Crippen molar-refractivity contribution in [2.45, 2.75) is 6.54 Å². The van der Waals surface area contributed by atoms with Gasteiger partial charge in [-0.25, -0.2) is 4.79 Å². The molecule has 0 amide bonds. The summed E-state index contributed by atoms with van der Waals surface area (Å²) in [7, 11) is 6.32. The second-order valence-corrected chi connectivity index (χ2v) is 8.00. The molecule has 0 spiro atoms. The van der Waals surface area contributed by atoms with Gasteiger partial charge in [0.25, 0.3) is 5.56 Å². The molecule has 0 N–H and O–H groups in total. The van der Waals surface area contributed by atoms with E-state index in [1.54, 1.807) is 25.7 Å². The fraction of sp³-hybridized carbons (Fsp3) is 0.240. The van der Waals surface area contributed by atoms with E-state index in [0.29, 0.717) is 34.1 Å². The quantitative estimate of drug-likeness (QED) is 0.359. The van der Waals surface area contributed by atoms with Crippen molar-refractivity contribution >= 4 is 16.9 Å². The summed E-state index contributed by atoms with van der Waals surface area (Å²) < 4.78 is 22.4. The van der Waals surface area contributed by atoms with Crippen LogP contribution in [0.3, 0.4) is 0 Å². The van der Waals surface area contributed by atoms with E-state index in [9.17, 15) is 9.59 Å². The van der Waals surface area contributed by atoms with Crippen LogP contribution in [0.25, 0.3) is 33.9 Å². The minimum Gasteiger partial charge on any atom is -0.497 e. The summed E-state index contributed by atoms with van der Waals surface area (Å²) in [5.74, 6) is 1.69.